The minimum absolute atomic E-state index is 0.0158. The smallest absolute Gasteiger partial charge is 0.408 e. The molecule has 2 aromatic heterocycles. The van der Waals surface area contributed by atoms with Crippen molar-refractivity contribution in [3.05, 3.63) is 90.4 Å². The number of carbonyl (C=O) groups is 3. The van der Waals surface area contributed by atoms with Crippen LogP contribution < -0.4 is 5.32 Å². The quantitative estimate of drug-likeness (QED) is 0.167. The number of nitrogens with zero attached hydrogens (tertiary/aromatic N) is 4. The molecule has 0 aliphatic carbocycles. The van der Waals surface area contributed by atoms with Gasteiger partial charge in [0, 0.05) is 54.8 Å². The van der Waals surface area contributed by atoms with Gasteiger partial charge in [0.15, 0.2) is 0 Å². The van der Waals surface area contributed by atoms with Gasteiger partial charge in [0.2, 0.25) is 5.78 Å². The number of Topliss-reactive ketones (excluding diaryl/α,β-unsaturated/α-hetero) is 1. The van der Waals surface area contributed by atoms with E-state index in [2.05, 4.69) is 33.1 Å². The van der Waals surface area contributed by atoms with E-state index in [1.165, 1.54) is 24.1 Å². The number of halogens is 1. The van der Waals surface area contributed by atoms with Gasteiger partial charge < -0.3 is 19.6 Å². The summed E-state index contributed by atoms with van der Waals surface area (Å²) in [6.07, 6.45) is 2.31. The monoisotopic (exact) mass is 666 g/mol. The zero-order valence-electron chi connectivity index (χ0n) is 28.6. The molecule has 1 unspecified atom stereocenters. The van der Waals surface area contributed by atoms with Crippen molar-refractivity contribution >= 4 is 39.7 Å². The zero-order chi connectivity index (χ0) is 34.9. The van der Waals surface area contributed by atoms with Crippen molar-refractivity contribution in [1.82, 2.24) is 29.9 Å². The Morgan fingerprint density at radius 2 is 1.69 bits per heavy atom. The molecule has 0 saturated carbocycles. The van der Waals surface area contributed by atoms with Crippen LogP contribution in [-0.4, -0.2) is 73.1 Å². The van der Waals surface area contributed by atoms with Crippen LogP contribution in [0.15, 0.2) is 79.0 Å². The fraction of sp³-hybridized carbons (Fsp3) is 0.368. The van der Waals surface area contributed by atoms with Crippen LogP contribution in [-0.2, 0) is 20.7 Å². The van der Waals surface area contributed by atoms with Crippen LogP contribution >= 0.6 is 0 Å². The summed E-state index contributed by atoms with van der Waals surface area (Å²) in [5.41, 5.74) is 1.74. The van der Waals surface area contributed by atoms with Crippen molar-refractivity contribution < 1.29 is 23.5 Å². The molecule has 3 aromatic carbocycles. The Balaban J connectivity index is 1.23. The Morgan fingerprint density at radius 3 is 2.39 bits per heavy atom. The number of imidazole rings is 1. The fourth-order valence-corrected chi connectivity index (χ4v) is 6.78. The maximum absolute atomic E-state index is 14.3. The Hall–Kier alpha value is -5.03. The Morgan fingerprint density at radius 1 is 1.00 bits per heavy atom. The summed E-state index contributed by atoms with van der Waals surface area (Å²) in [5, 5.41) is 6.83. The zero-order valence-corrected chi connectivity index (χ0v) is 28.6. The first-order valence-corrected chi connectivity index (χ1v) is 16.8. The number of hydrogen-bond acceptors (Lipinski definition) is 6. The highest BCUT2D eigenvalue weighted by Gasteiger charge is 2.44. The maximum atomic E-state index is 14.3. The third-order valence-electron chi connectivity index (χ3n) is 9.05. The highest BCUT2D eigenvalue weighted by atomic mass is 19.1. The van der Waals surface area contributed by atoms with Crippen molar-refractivity contribution in [3.8, 4) is 11.4 Å². The van der Waals surface area contributed by atoms with Gasteiger partial charge in [0.1, 0.15) is 22.8 Å². The number of nitrogens with one attached hydrogen (secondary N) is 2. The normalized spacial score (nSPS) is 15.6. The van der Waals surface area contributed by atoms with Gasteiger partial charge in [-0.2, -0.15) is 0 Å². The van der Waals surface area contributed by atoms with Gasteiger partial charge in [-0.3, -0.25) is 14.6 Å². The predicted octanol–water partition coefficient (Wildman–Crippen LogP) is 6.82. The predicted molar refractivity (Wildman–Crippen MR) is 187 cm³/mol. The second kappa shape index (κ2) is 13.5. The molecule has 11 heteroatoms. The van der Waals surface area contributed by atoms with Crippen LogP contribution in [0.4, 0.5) is 9.18 Å². The second-order valence-electron chi connectivity index (χ2n) is 13.8. The fourth-order valence-electron chi connectivity index (χ4n) is 6.78. The first-order valence-electron chi connectivity index (χ1n) is 16.8. The van der Waals surface area contributed by atoms with E-state index in [0.717, 1.165) is 35.3 Å². The summed E-state index contributed by atoms with van der Waals surface area (Å²) in [4.78, 5) is 49.5. The minimum Gasteiger partial charge on any atom is -0.444 e. The van der Waals surface area contributed by atoms with E-state index in [1.807, 2.05) is 48.3 Å². The number of carbonyl (C=O) groups excluding carboxylic acids is 3. The van der Waals surface area contributed by atoms with Crippen molar-refractivity contribution in [3.63, 3.8) is 0 Å². The van der Waals surface area contributed by atoms with Gasteiger partial charge >= 0.3 is 12.0 Å². The Labute approximate surface area is 285 Å². The second-order valence-corrected chi connectivity index (χ2v) is 13.8. The number of hydrazine groups is 1. The standard InChI is InChI=1S/C38H43FN6O4/c1-6-44(43-20-18-28(19-21-43)45-32-15-11-10-14-30(32)41-34(45)25-12-8-7-9-13-25)35(47)33(46)38(5,42-36(48)49-37(2,3)4)23-26-24-40-31-22-27(39)16-17-29(26)31/h7-17,22,24,28,40H,6,18-21,23H2,1-5H3,(H,42,48). The van der Waals surface area contributed by atoms with E-state index >= 15 is 0 Å². The molecule has 49 heavy (non-hydrogen) atoms. The number of hydrogen-bond donors (Lipinski definition) is 2. The van der Waals surface area contributed by atoms with E-state index in [9.17, 15) is 18.8 Å². The number of fused-ring (bicyclic) bond motifs is 2. The molecule has 1 aliphatic rings. The van der Waals surface area contributed by atoms with E-state index in [4.69, 9.17) is 9.72 Å². The number of H-pyrrole nitrogens is 1. The molecule has 1 aliphatic heterocycles. The average molecular weight is 667 g/mol. The lowest BCUT2D eigenvalue weighted by Crippen LogP contribution is -2.61. The molecule has 1 atom stereocenters. The number of benzene rings is 3. The van der Waals surface area contributed by atoms with Crippen molar-refractivity contribution in [2.75, 3.05) is 19.6 Å². The van der Waals surface area contributed by atoms with Crippen molar-refractivity contribution in [2.45, 2.75) is 71.1 Å². The first-order chi connectivity index (χ1) is 23.4. The molecule has 6 rings (SSSR count). The van der Waals surface area contributed by atoms with Gasteiger partial charge in [0.05, 0.1) is 11.0 Å². The minimum atomic E-state index is -1.66. The Kier molecular flexibility index (Phi) is 9.30. The molecule has 3 heterocycles. The van der Waals surface area contributed by atoms with E-state index in [1.54, 1.807) is 33.0 Å². The SMILES string of the molecule is CCN(C(=O)C(=O)C(C)(Cc1c[nH]c2cc(F)ccc12)NC(=O)OC(C)(C)C)N1CCC(n2c(-c3ccccc3)nc3ccccc32)CC1. The molecule has 1 fully saturated rings. The third kappa shape index (κ3) is 7.07. The highest BCUT2D eigenvalue weighted by molar-refractivity contribution is 6.39. The van der Waals surface area contributed by atoms with Crippen LogP contribution in [0, 0.1) is 5.82 Å². The van der Waals surface area contributed by atoms with E-state index < -0.39 is 34.7 Å². The molecule has 5 aromatic rings. The number of likely N-dealkylation sites (N-methyl/N-ethyl adjacent to an activating group) is 1. The molecule has 10 nitrogen and oxygen atoms in total. The summed E-state index contributed by atoms with van der Waals surface area (Å²) in [6.45, 7) is 9.91. The van der Waals surface area contributed by atoms with Gasteiger partial charge in [0.25, 0.3) is 0 Å². The van der Waals surface area contributed by atoms with Crippen LogP contribution in [0.1, 0.15) is 59.1 Å². The van der Waals surface area contributed by atoms with E-state index in [0.29, 0.717) is 29.6 Å². The van der Waals surface area contributed by atoms with E-state index in [-0.39, 0.29) is 19.0 Å². The number of amides is 2. The van der Waals surface area contributed by atoms with Crippen molar-refractivity contribution in [1.29, 1.82) is 0 Å². The molecule has 0 bridgehead atoms. The number of alkyl carbamates (subject to hydrolysis) is 1. The molecular formula is C38H43FN6O4. The summed E-state index contributed by atoms with van der Waals surface area (Å²) in [5.74, 6) is -0.987. The summed E-state index contributed by atoms with van der Waals surface area (Å²) in [7, 11) is 0. The maximum Gasteiger partial charge on any atom is 0.408 e. The van der Waals surface area contributed by atoms with Crippen molar-refractivity contribution in [2.24, 2.45) is 0 Å². The lowest BCUT2D eigenvalue weighted by Gasteiger charge is -2.41. The Bertz CT molecular complexity index is 1990. The summed E-state index contributed by atoms with van der Waals surface area (Å²) >= 11 is 0. The summed E-state index contributed by atoms with van der Waals surface area (Å²) < 4.78 is 21.7. The molecule has 2 N–H and O–H groups in total. The molecule has 1 saturated heterocycles. The van der Waals surface area contributed by atoms with Crippen LogP contribution in [0.5, 0.6) is 0 Å². The molecule has 0 radical (unpaired) electrons. The number of rotatable bonds is 9. The third-order valence-corrected chi connectivity index (χ3v) is 9.05. The van der Waals surface area contributed by atoms with Gasteiger partial charge in [-0.05, 0) is 83.4 Å². The van der Waals surface area contributed by atoms with Crippen LogP contribution in [0.3, 0.4) is 0 Å². The number of ketones is 1. The number of aromatic nitrogens is 3. The summed E-state index contributed by atoms with van der Waals surface area (Å²) in [6, 6.07) is 22.7. The number of piperidine rings is 1. The number of aromatic amines is 1. The molecular weight excluding hydrogens is 623 g/mol. The highest BCUT2D eigenvalue weighted by Crippen LogP contribution is 2.34. The van der Waals surface area contributed by atoms with Crippen LogP contribution in [0.25, 0.3) is 33.3 Å². The van der Waals surface area contributed by atoms with Gasteiger partial charge in [-0.1, -0.05) is 42.5 Å². The largest absolute Gasteiger partial charge is 0.444 e. The van der Waals surface area contributed by atoms with Crippen LogP contribution in [0.2, 0.25) is 0 Å². The lowest BCUT2D eigenvalue weighted by atomic mass is 9.87. The molecule has 256 valence electrons. The number of ether oxygens (including phenoxy) is 1. The van der Waals surface area contributed by atoms with Gasteiger partial charge in [-0.25, -0.2) is 19.2 Å². The topological polar surface area (TPSA) is 113 Å². The molecule has 2 amide bonds. The average Bonchev–Trinajstić information content (AvgIpc) is 3.65. The lowest BCUT2D eigenvalue weighted by molar-refractivity contribution is -0.161. The first kappa shape index (κ1) is 33.9. The number of para-hydroxylation sites is 2. The molecule has 0 spiro atoms. The van der Waals surface area contributed by atoms with Gasteiger partial charge in [-0.15, -0.1) is 0 Å².